The molecule has 0 saturated carbocycles. The minimum Gasteiger partial charge on any atom is -0.296 e. The summed E-state index contributed by atoms with van der Waals surface area (Å²) in [6.07, 6.45) is 1.14. The Morgan fingerprint density at radius 3 is 2.00 bits per heavy atom. The Morgan fingerprint density at radius 1 is 1.06 bits per heavy atom. The van der Waals surface area contributed by atoms with Crippen molar-refractivity contribution < 1.29 is 0 Å². The van der Waals surface area contributed by atoms with Crippen molar-refractivity contribution >= 4 is 15.9 Å². The van der Waals surface area contributed by atoms with Gasteiger partial charge in [0.1, 0.15) is 0 Å². The highest BCUT2D eigenvalue weighted by molar-refractivity contribution is 9.09. The average Bonchev–Trinajstić information content (AvgIpc) is 2.26. The lowest BCUT2D eigenvalue weighted by molar-refractivity contribution is 0.401. The first-order valence-electron chi connectivity index (χ1n) is 5.78. The zero-order valence-electron chi connectivity index (χ0n) is 11.0. The van der Waals surface area contributed by atoms with Crippen LogP contribution >= 0.6 is 15.9 Å². The molecule has 16 heavy (non-hydrogen) atoms. The van der Waals surface area contributed by atoms with Gasteiger partial charge in [0.05, 0.1) is 5.45 Å². The van der Waals surface area contributed by atoms with Gasteiger partial charge in [-0.05, 0) is 69.0 Å². The van der Waals surface area contributed by atoms with Crippen LogP contribution in [0.4, 0.5) is 0 Å². The zero-order chi connectivity index (χ0) is 12.3. The molecule has 0 saturated heterocycles. The number of alkyl halides is 1. The van der Waals surface area contributed by atoms with Crippen LogP contribution in [0.25, 0.3) is 0 Å². The quantitative estimate of drug-likeness (QED) is 0.601. The average molecular weight is 284 g/mol. The van der Waals surface area contributed by atoms with Crippen molar-refractivity contribution in [2.45, 2.75) is 34.1 Å². The van der Waals surface area contributed by atoms with E-state index < -0.39 is 0 Å². The van der Waals surface area contributed by atoms with E-state index in [1.165, 1.54) is 27.8 Å². The fourth-order valence-corrected chi connectivity index (χ4v) is 2.29. The van der Waals surface area contributed by atoms with Crippen molar-refractivity contribution in [2.75, 3.05) is 19.0 Å². The van der Waals surface area contributed by atoms with Crippen molar-refractivity contribution in [2.24, 2.45) is 0 Å². The molecule has 0 heterocycles. The minimum atomic E-state index is 0.940. The summed E-state index contributed by atoms with van der Waals surface area (Å²) < 4.78 is 0. The Bertz CT molecular complexity index is 345. The molecule has 0 aromatic heterocycles. The van der Waals surface area contributed by atoms with E-state index in [4.69, 9.17) is 0 Å². The number of rotatable bonds is 4. The van der Waals surface area contributed by atoms with Crippen LogP contribution in [0.2, 0.25) is 0 Å². The third-order valence-electron chi connectivity index (χ3n) is 3.47. The second kappa shape index (κ2) is 5.83. The maximum atomic E-state index is 3.48. The molecule has 90 valence electrons. The van der Waals surface area contributed by atoms with Crippen molar-refractivity contribution in [3.05, 3.63) is 33.9 Å². The van der Waals surface area contributed by atoms with E-state index >= 15 is 0 Å². The van der Waals surface area contributed by atoms with Crippen LogP contribution in [0, 0.1) is 27.7 Å². The van der Waals surface area contributed by atoms with E-state index in [0.29, 0.717) is 0 Å². The van der Waals surface area contributed by atoms with Crippen molar-refractivity contribution in [1.29, 1.82) is 0 Å². The Kier molecular flexibility index (Phi) is 5.00. The normalized spacial score (nSPS) is 11.2. The van der Waals surface area contributed by atoms with Crippen LogP contribution in [-0.4, -0.2) is 23.9 Å². The van der Waals surface area contributed by atoms with Crippen LogP contribution in [-0.2, 0) is 6.42 Å². The van der Waals surface area contributed by atoms with Crippen LogP contribution in [0.5, 0.6) is 0 Å². The highest BCUT2D eigenvalue weighted by Gasteiger charge is 2.08. The predicted octanol–water partition coefficient (Wildman–Crippen LogP) is 3.75. The summed E-state index contributed by atoms with van der Waals surface area (Å²) in [4.78, 5) is 2.29. The van der Waals surface area contributed by atoms with Crippen molar-refractivity contribution in [1.82, 2.24) is 4.90 Å². The van der Waals surface area contributed by atoms with Gasteiger partial charge in [0, 0.05) is 6.54 Å². The van der Waals surface area contributed by atoms with E-state index in [2.05, 4.69) is 61.6 Å². The number of aryl methyl sites for hydroxylation is 2. The fraction of sp³-hybridized carbons (Fsp3) is 0.571. The summed E-state index contributed by atoms with van der Waals surface area (Å²) in [5, 5.41) is 0. The third-order valence-corrected chi connectivity index (χ3v) is 4.33. The van der Waals surface area contributed by atoms with E-state index in [0.717, 1.165) is 18.4 Å². The lowest BCUT2D eigenvalue weighted by atomic mass is 9.92. The highest BCUT2D eigenvalue weighted by Crippen LogP contribution is 2.22. The molecule has 0 bridgehead atoms. The van der Waals surface area contributed by atoms with E-state index in [9.17, 15) is 0 Å². The van der Waals surface area contributed by atoms with Gasteiger partial charge in [-0.15, -0.1) is 0 Å². The van der Waals surface area contributed by atoms with Crippen LogP contribution in [0.3, 0.4) is 0 Å². The molecule has 1 aromatic carbocycles. The number of nitrogens with zero attached hydrogens (tertiary/aromatic N) is 1. The minimum absolute atomic E-state index is 0.940. The molecule has 0 aliphatic carbocycles. The molecule has 0 spiro atoms. The maximum absolute atomic E-state index is 3.48. The summed E-state index contributed by atoms with van der Waals surface area (Å²) in [6, 6.07) is 2.29. The molecule has 2 heteroatoms. The first-order valence-corrected chi connectivity index (χ1v) is 6.90. The maximum Gasteiger partial charge on any atom is 0.0539 e. The fourth-order valence-electron chi connectivity index (χ4n) is 2.04. The smallest absolute Gasteiger partial charge is 0.0539 e. The Labute approximate surface area is 108 Å². The monoisotopic (exact) mass is 283 g/mol. The second-order valence-corrected chi connectivity index (χ2v) is 5.19. The summed E-state index contributed by atoms with van der Waals surface area (Å²) in [5.74, 6) is 0. The van der Waals surface area contributed by atoms with Gasteiger partial charge in [0.15, 0.2) is 0 Å². The van der Waals surface area contributed by atoms with Crippen LogP contribution in [0.15, 0.2) is 6.07 Å². The SMILES string of the molecule is Cc1cc(C)c(C)c(CCN(C)CBr)c1C. The van der Waals surface area contributed by atoms with Crippen molar-refractivity contribution in [3.8, 4) is 0 Å². The molecule has 0 amide bonds. The first kappa shape index (κ1) is 13.7. The summed E-state index contributed by atoms with van der Waals surface area (Å²) in [7, 11) is 2.14. The van der Waals surface area contributed by atoms with E-state index in [1.54, 1.807) is 0 Å². The molecule has 0 aliphatic rings. The van der Waals surface area contributed by atoms with Gasteiger partial charge in [-0.25, -0.2) is 0 Å². The molecular formula is C14H22BrN. The molecule has 0 unspecified atom stereocenters. The van der Waals surface area contributed by atoms with Crippen LogP contribution in [0.1, 0.15) is 27.8 Å². The Morgan fingerprint density at radius 2 is 1.56 bits per heavy atom. The van der Waals surface area contributed by atoms with Gasteiger partial charge in [-0.1, -0.05) is 22.0 Å². The number of halogens is 1. The van der Waals surface area contributed by atoms with Gasteiger partial charge in [-0.2, -0.15) is 0 Å². The molecule has 1 rings (SSSR count). The molecule has 1 aromatic rings. The molecule has 0 N–H and O–H groups in total. The number of hydrogen-bond acceptors (Lipinski definition) is 1. The highest BCUT2D eigenvalue weighted by atomic mass is 79.9. The topological polar surface area (TPSA) is 3.24 Å². The molecule has 1 nitrogen and oxygen atoms in total. The van der Waals surface area contributed by atoms with Gasteiger partial charge in [-0.3, -0.25) is 4.90 Å². The molecular weight excluding hydrogens is 262 g/mol. The number of hydrogen-bond donors (Lipinski definition) is 0. The lowest BCUT2D eigenvalue weighted by Gasteiger charge is -2.18. The van der Waals surface area contributed by atoms with Gasteiger partial charge in [0.2, 0.25) is 0 Å². The summed E-state index contributed by atoms with van der Waals surface area (Å²) >= 11 is 3.48. The Hall–Kier alpha value is -0.340. The lowest BCUT2D eigenvalue weighted by Crippen LogP contribution is -2.20. The number of likely N-dealkylation sites (N-methyl/N-ethyl adjacent to an activating group) is 1. The summed E-state index contributed by atoms with van der Waals surface area (Å²) in [6.45, 7) is 10.0. The van der Waals surface area contributed by atoms with Crippen molar-refractivity contribution in [3.63, 3.8) is 0 Å². The molecule has 0 aliphatic heterocycles. The molecule has 0 fully saturated rings. The van der Waals surface area contributed by atoms with E-state index in [1.807, 2.05) is 0 Å². The van der Waals surface area contributed by atoms with Gasteiger partial charge < -0.3 is 0 Å². The largest absolute Gasteiger partial charge is 0.296 e. The zero-order valence-corrected chi connectivity index (χ0v) is 12.6. The summed E-state index contributed by atoms with van der Waals surface area (Å²) in [5.41, 5.74) is 8.23. The number of benzene rings is 1. The molecule has 0 atom stereocenters. The predicted molar refractivity (Wildman–Crippen MR) is 75.5 cm³/mol. The third kappa shape index (κ3) is 3.08. The van der Waals surface area contributed by atoms with Gasteiger partial charge >= 0.3 is 0 Å². The standard InChI is InChI=1S/C14H22BrN/c1-10-8-11(2)13(4)14(12(10)3)6-7-16(5)9-15/h8H,6-7,9H2,1-5H3. The molecule has 0 radical (unpaired) electrons. The van der Waals surface area contributed by atoms with Gasteiger partial charge in [0.25, 0.3) is 0 Å². The van der Waals surface area contributed by atoms with Crippen LogP contribution < -0.4 is 0 Å². The second-order valence-electron chi connectivity index (χ2n) is 4.69. The van der Waals surface area contributed by atoms with E-state index in [-0.39, 0.29) is 0 Å². The Balaban J connectivity index is 2.94. The first-order chi connectivity index (χ1) is 7.47.